The van der Waals surface area contributed by atoms with E-state index in [4.69, 9.17) is 4.74 Å². The van der Waals surface area contributed by atoms with Crippen molar-refractivity contribution in [3.05, 3.63) is 52.6 Å². The van der Waals surface area contributed by atoms with Gasteiger partial charge in [-0.25, -0.2) is 0 Å². The van der Waals surface area contributed by atoms with E-state index in [1.807, 2.05) is 0 Å². The fraction of sp³-hybridized carbons (Fsp3) is 0.118. The third-order valence-electron chi connectivity index (χ3n) is 3.93. The number of hydrogen-bond donors (Lipinski definition) is 2. The van der Waals surface area contributed by atoms with Crippen molar-refractivity contribution >= 4 is 45.5 Å². The van der Waals surface area contributed by atoms with Crippen LogP contribution >= 0.6 is 0 Å². The van der Waals surface area contributed by atoms with Gasteiger partial charge in [0.2, 0.25) is 11.7 Å². The first kappa shape index (κ1) is 19.2. The molecule has 0 unspecified atom stereocenters. The Bertz CT molecular complexity index is 1040. The van der Waals surface area contributed by atoms with Crippen LogP contribution in [0, 0.1) is 10.1 Å². The molecule has 2 aromatic carbocycles. The van der Waals surface area contributed by atoms with Crippen LogP contribution in [0.25, 0.3) is 0 Å². The van der Waals surface area contributed by atoms with Crippen molar-refractivity contribution in [3.63, 3.8) is 0 Å². The van der Waals surface area contributed by atoms with Gasteiger partial charge < -0.3 is 15.4 Å². The summed E-state index contributed by atoms with van der Waals surface area (Å²) in [6.45, 7) is 0. The number of fused-ring (bicyclic) bond motifs is 1. The van der Waals surface area contributed by atoms with E-state index in [1.54, 1.807) is 12.1 Å². The first-order valence-corrected chi connectivity index (χ1v) is 9.03. The third kappa shape index (κ3) is 3.47. The molecule has 11 heteroatoms. The number of Topliss-reactive ketones (excluding diaryl/α,β-unsaturated/α-hetero) is 1. The number of ketones is 1. The molecule has 3 rings (SSSR count). The zero-order valence-corrected chi connectivity index (χ0v) is 15.1. The molecule has 0 fully saturated rings. The monoisotopic (exact) mass is 403 g/mol. The van der Waals surface area contributed by atoms with Crippen molar-refractivity contribution in [1.82, 2.24) is 0 Å². The zero-order valence-electron chi connectivity index (χ0n) is 14.3. The largest absolute Gasteiger partial charge is 0.496 e. The minimum Gasteiger partial charge on any atom is -0.496 e. The maximum Gasteiger partial charge on any atom is 0.296 e. The average molecular weight is 403 g/mol. The molecule has 10 nitrogen and oxygen atoms in total. The lowest BCUT2D eigenvalue weighted by Gasteiger charge is -2.22. The van der Waals surface area contributed by atoms with Gasteiger partial charge in [0.1, 0.15) is 11.4 Å². The van der Waals surface area contributed by atoms with E-state index < -0.39 is 44.3 Å². The second-order valence-electron chi connectivity index (χ2n) is 5.62. The van der Waals surface area contributed by atoms with E-state index >= 15 is 0 Å². The standard InChI is InChI=1S/C17H13N3O7S/c1-27-9-6-7-10(12(8-9)20(24)25)18-16(22)14(21)15-17(23)19-11-4-2-3-5-13(11)28(15)26/h2-8,15H,1H3,(H,18,22)(H,19,23)/t15-,28-/m0/s1. The number of methoxy groups -OCH3 is 1. The van der Waals surface area contributed by atoms with Gasteiger partial charge in [-0.2, -0.15) is 0 Å². The highest BCUT2D eigenvalue weighted by atomic mass is 32.2. The number of rotatable bonds is 5. The molecule has 144 valence electrons. The second kappa shape index (κ2) is 7.56. The Hall–Kier alpha value is -3.60. The van der Waals surface area contributed by atoms with Crippen molar-refractivity contribution < 1.29 is 28.3 Å². The Morgan fingerprint density at radius 2 is 1.96 bits per heavy atom. The van der Waals surface area contributed by atoms with Crippen LogP contribution in [0.4, 0.5) is 17.1 Å². The molecule has 0 saturated heterocycles. The highest BCUT2D eigenvalue weighted by molar-refractivity contribution is 7.87. The first-order valence-electron chi connectivity index (χ1n) is 7.81. The quantitative estimate of drug-likeness (QED) is 0.331. The summed E-state index contributed by atoms with van der Waals surface area (Å²) in [5, 5.41) is 14.0. The topological polar surface area (TPSA) is 145 Å². The van der Waals surface area contributed by atoms with E-state index in [2.05, 4.69) is 10.6 Å². The van der Waals surface area contributed by atoms with Crippen LogP contribution in [0.15, 0.2) is 47.4 Å². The van der Waals surface area contributed by atoms with E-state index in [9.17, 15) is 28.7 Å². The molecular weight excluding hydrogens is 390 g/mol. The number of nitrogens with zero attached hydrogens (tertiary/aromatic N) is 1. The molecule has 2 aromatic rings. The highest BCUT2D eigenvalue weighted by Crippen LogP contribution is 2.30. The van der Waals surface area contributed by atoms with Gasteiger partial charge in [-0.3, -0.25) is 28.7 Å². The van der Waals surface area contributed by atoms with E-state index in [0.29, 0.717) is 5.69 Å². The molecule has 0 radical (unpaired) electrons. The Balaban J connectivity index is 1.86. The number of amides is 2. The van der Waals surface area contributed by atoms with Crippen LogP contribution in [0.2, 0.25) is 0 Å². The summed E-state index contributed by atoms with van der Waals surface area (Å²) in [6.07, 6.45) is 0. The number of anilines is 2. The van der Waals surface area contributed by atoms with Gasteiger partial charge in [-0.15, -0.1) is 0 Å². The number of nitrogens with one attached hydrogen (secondary N) is 2. The molecule has 2 atom stereocenters. The predicted molar refractivity (Wildman–Crippen MR) is 98.6 cm³/mol. The lowest BCUT2D eigenvalue weighted by Crippen LogP contribution is -2.46. The fourth-order valence-electron chi connectivity index (χ4n) is 2.58. The first-order chi connectivity index (χ1) is 13.3. The van der Waals surface area contributed by atoms with Gasteiger partial charge in [0.25, 0.3) is 11.6 Å². The van der Waals surface area contributed by atoms with E-state index in [1.165, 1.54) is 31.4 Å². The molecule has 1 heterocycles. The van der Waals surface area contributed by atoms with E-state index in [-0.39, 0.29) is 16.3 Å². The van der Waals surface area contributed by atoms with Crippen molar-refractivity contribution in [1.29, 1.82) is 0 Å². The smallest absolute Gasteiger partial charge is 0.296 e. The summed E-state index contributed by atoms with van der Waals surface area (Å²) in [5.74, 6) is -3.27. The Kier molecular flexibility index (Phi) is 5.18. The molecule has 28 heavy (non-hydrogen) atoms. The molecule has 0 aromatic heterocycles. The van der Waals surface area contributed by atoms with Crippen molar-refractivity contribution in [2.24, 2.45) is 0 Å². The summed E-state index contributed by atoms with van der Waals surface area (Å²) in [6, 6.07) is 9.81. The molecule has 1 aliphatic rings. The number of nitro benzene ring substituents is 1. The summed E-state index contributed by atoms with van der Waals surface area (Å²) in [4.78, 5) is 47.6. The molecule has 0 bridgehead atoms. The summed E-state index contributed by atoms with van der Waals surface area (Å²) < 4.78 is 17.5. The normalized spacial score (nSPS) is 17.8. The molecule has 0 saturated carbocycles. The molecular formula is C17H13N3O7S. The number of carbonyl (C=O) groups is 3. The van der Waals surface area contributed by atoms with Crippen molar-refractivity contribution in [2.45, 2.75) is 10.1 Å². The van der Waals surface area contributed by atoms with Gasteiger partial charge in [0.05, 0.1) is 39.5 Å². The Labute approximate surface area is 160 Å². The minimum absolute atomic E-state index is 0.181. The summed E-state index contributed by atoms with van der Waals surface area (Å²) in [5.41, 5.74) is -0.465. The molecule has 2 N–H and O–H groups in total. The van der Waals surface area contributed by atoms with Crippen LogP contribution in [0.5, 0.6) is 5.75 Å². The average Bonchev–Trinajstić information content (AvgIpc) is 2.67. The van der Waals surface area contributed by atoms with Crippen molar-refractivity contribution in [2.75, 3.05) is 17.7 Å². The minimum atomic E-state index is -2.09. The van der Waals surface area contributed by atoms with Crippen LogP contribution in [-0.4, -0.2) is 39.1 Å². The lowest BCUT2D eigenvalue weighted by atomic mass is 10.2. The SMILES string of the molecule is COc1ccc(NC(=O)C(=O)[C@H]2C(=O)Nc3ccccc3[S@@]2=O)c([N+](=O)[O-])c1. The number of nitro groups is 1. The molecule has 1 aliphatic heterocycles. The van der Waals surface area contributed by atoms with E-state index in [0.717, 1.165) is 6.07 Å². The predicted octanol–water partition coefficient (Wildman–Crippen LogP) is 1.24. The van der Waals surface area contributed by atoms with Crippen LogP contribution in [0.3, 0.4) is 0 Å². The number of benzene rings is 2. The van der Waals surface area contributed by atoms with Crippen molar-refractivity contribution in [3.8, 4) is 5.75 Å². The Morgan fingerprint density at radius 3 is 2.64 bits per heavy atom. The van der Waals surface area contributed by atoms with Gasteiger partial charge in [-0.05, 0) is 24.3 Å². The van der Waals surface area contributed by atoms with Gasteiger partial charge in [0.15, 0.2) is 5.25 Å². The number of ether oxygens (including phenoxy) is 1. The number of carbonyl (C=O) groups excluding carboxylic acids is 3. The van der Waals surface area contributed by atoms with Gasteiger partial charge in [0, 0.05) is 0 Å². The third-order valence-corrected chi connectivity index (χ3v) is 5.57. The maximum absolute atomic E-state index is 12.6. The number of para-hydroxylation sites is 1. The molecule has 0 spiro atoms. The second-order valence-corrected chi connectivity index (χ2v) is 7.13. The summed E-state index contributed by atoms with van der Waals surface area (Å²) >= 11 is 0. The zero-order chi connectivity index (χ0) is 20.4. The van der Waals surface area contributed by atoms with Crippen LogP contribution in [0.1, 0.15) is 0 Å². The number of hydrogen-bond acceptors (Lipinski definition) is 7. The summed E-state index contributed by atoms with van der Waals surface area (Å²) in [7, 11) is -0.772. The van der Waals surface area contributed by atoms with Crippen LogP contribution in [-0.2, 0) is 25.2 Å². The van der Waals surface area contributed by atoms with Crippen LogP contribution < -0.4 is 15.4 Å². The highest BCUT2D eigenvalue weighted by Gasteiger charge is 2.42. The fourth-order valence-corrected chi connectivity index (χ4v) is 3.94. The van der Waals surface area contributed by atoms with Gasteiger partial charge >= 0.3 is 0 Å². The van der Waals surface area contributed by atoms with Gasteiger partial charge in [-0.1, -0.05) is 12.1 Å². The molecule has 2 amide bonds. The molecule has 0 aliphatic carbocycles. The maximum atomic E-state index is 12.6. The Morgan fingerprint density at radius 1 is 1.25 bits per heavy atom. The lowest BCUT2D eigenvalue weighted by molar-refractivity contribution is -0.384.